The van der Waals surface area contributed by atoms with E-state index in [-0.39, 0.29) is 16.2 Å². The van der Waals surface area contributed by atoms with Crippen LogP contribution in [0.5, 0.6) is 0 Å². The molecule has 0 heterocycles. The summed E-state index contributed by atoms with van der Waals surface area (Å²) >= 11 is 0. The van der Waals surface area contributed by atoms with E-state index in [1.54, 1.807) is 0 Å². The molecule has 0 saturated heterocycles. The molecule has 0 aliphatic carbocycles. The Bertz CT molecular complexity index is 224. The minimum absolute atomic E-state index is 0.0923. The van der Waals surface area contributed by atoms with Gasteiger partial charge in [0, 0.05) is 5.41 Å². The molecule has 110 valence electrons. The first-order chi connectivity index (χ1) is 7.97. The topological polar surface area (TPSA) is 18.5 Å². The van der Waals surface area contributed by atoms with Crippen LogP contribution in [0.1, 0.15) is 61.8 Å². The summed E-state index contributed by atoms with van der Waals surface area (Å²) in [6.45, 7) is 20.8. The Kier molecular flexibility index (Phi) is 6.87. The fourth-order valence-corrected chi connectivity index (χ4v) is 1.38. The molecule has 0 N–H and O–H groups in total. The molecule has 0 aromatic carbocycles. The average Bonchev–Trinajstić information content (AvgIpc) is 2.14. The summed E-state index contributed by atoms with van der Waals surface area (Å²) in [7, 11) is 0. The monoisotopic (exact) mass is 258 g/mol. The molecule has 0 saturated carbocycles. The van der Waals surface area contributed by atoms with Crippen LogP contribution in [0.3, 0.4) is 0 Å². The summed E-state index contributed by atoms with van der Waals surface area (Å²) in [5.41, 5.74) is 0.610. The Morgan fingerprint density at radius 3 is 1.39 bits per heavy atom. The predicted octanol–water partition coefficient (Wildman–Crippen LogP) is 4.53. The van der Waals surface area contributed by atoms with Gasteiger partial charge in [0.2, 0.25) is 0 Å². The molecule has 0 rings (SSSR count). The van der Waals surface area contributed by atoms with Gasteiger partial charge in [0.05, 0.1) is 26.4 Å². The van der Waals surface area contributed by atoms with Crippen molar-refractivity contribution < 1.29 is 9.47 Å². The van der Waals surface area contributed by atoms with Gasteiger partial charge < -0.3 is 9.47 Å². The first-order valence-electron chi connectivity index (χ1n) is 7.13. The highest BCUT2D eigenvalue weighted by atomic mass is 16.5. The van der Waals surface area contributed by atoms with Crippen LogP contribution in [-0.2, 0) is 9.47 Å². The smallest absolute Gasteiger partial charge is 0.0539 e. The van der Waals surface area contributed by atoms with Crippen molar-refractivity contribution in [2.24, 2.45) is 16.2 Å². The quantitative estimate of drug-likeness (QED) is 0.637. The van der Waals surface area contributed by atoms with Gasteiger partial charge >= 0.3 is 0 Å². The zero-order valence-corrected chi connectivity index (χ0v) is 13.9. The average molecular weight is 258 g/mol. The standard InChI is InChI=1S/C16H34O2/c1-9-15(5,6)11-18-13-16(7,8)12-17-10-14(2,3)4/h9-13H2,1-8H3. The number of hydrogen-bond acceptors (Lipinski definition) is 2. The third-order valence-electron chi connectivity index (χ3n) is 2.97. The highest BCUT2D eigenvalue weighted by molar-refractivity contribution is 4.70. The number of hydrogen-bond donors (Lipinski definition) is 0. The Balaban J connectivity index is 3.87. The Hall–Kier alpha value is -0.0800. The fourth-order valence-electron chi connectivity index (χ4n) is 1.38. The predicted molar refractivity (Wildman–Crippen MR) is 78.9 cm³/mol. The largest absolute Gasteiger partial charge is 0.380 e. The third-order valence-corrected chi connectivity index (χ3v) is 2.97. The van der Waals surface area contributed by atoms with Crippen LogP contribution < -0.4 is 0 Å². The van der Waals surface area contributed by atoms with Crippen molar-refractivity contribution in [2.45, 2.75) is 61.8 Å². The van der Waals surface area contributed by atoms with Crippen LogP contribution in [0.15, 0.2) is 0 Å². The summed E-state index contributed by atoms with van der Waals surface area (Å²) < 4.78 is 11.6. The summed E-state index contributed by atoms with van der Waals surface area (Å²) in [4.78, 5) is 0. The molecular weight excluding hydrogens is 224 g/mol. The van der Waals surface area contributed by atoms with Crippen molar-refractivity contribution >= 4 is 0 Å². The molecule has 0 unspecified atom stereocenters. The van der Waals surface area contributed by atoms with E-state index in [0.29, 0.717) is 0 Å². The molecule has 0 atom stereocenters. The van der Waals surface area contributed by atoms with E-state index in [9.17, 15) is 0 Å². The molecule has 2 nitrogen and oxygen atoms in total. The lowest BCUT2D eigenvalue weighted by Crippen LogP contribution is -2.30. The van der Waals surface area contributed by atoms with E-state index in [2.05, 4.69) is 55.4 Å². The lowest BCUT2D eigenvalue weighted by molar-refractivity contribution is -0.0382. The summed E-state index contributed by atoms with van der Waals surface area (Å²) in [6, 6.07) is 0. The molecule has 2 heteroatoms. The lowest BCUT2D eigenvalue weighted by Gasteiger charge is -2.29. The van der Waals surface area contributed by atoms with Crippen LogP contribution in [-0.4, -0.2) is 26.4 Å². The Morgan fingerprint density at radius 2 is 1.00 bits per heavy atom. The minimum atomic E-state index is 0.0923. The van der Waals surface area contributed by atoms with Crippen LogP contribution in [0.2, 0.25) is 0 Å². The van der Waals surface area contributed by atoms with Crippen molar-refractivity contribution in [2.75, 3.05) is 26.4 Å². The van der Waals surface area contributed by atoms with Gasteiger partial charge in [0.1, 0.15) is 0 Å². The maximum absolute atomic E-state index is 5.86. The number of ether oxygens (including phenoxy) is 2. The first kappa shape index (κ1) is 17.9. The molecule has 0 amide bonds. The third kappa shape index (κ3) is 9.90. The maximum Gasteiger partial charge on any atom is 0.0539 e. The molecule has 0 aromatic rings. The maximum atomic E-state index is 5.86. The van der Waals surface area contributed by atoms with Crippen LogP contribution in [0.25, 0.3) is 0 Å². The van der Waals surface area contributed by atoms with Crippen molar-refractivity contribution in [1.29, 1.82) is 0 Å². The van der Waals surface area contributed by atoms with Gasteiger partial charge in [-0.15, -0.1) is 0 Å². The van der Waals surface area contributed by atoms with Gasteiger partial charge in [-0.25, -0.2) is 0 Å². The van der Waals surface area contributed by atoms with Crippen LogP contribution in [0.4, 0.5) is 0 Å². The van der Waals surface area contributed by atoms with E-state index in [4.69, 9.17) is 9.47 Å². The second kappa shape index (κ2) is 6.91. The zero-order valence-electron chi connectivity index (χ0n) is 13.9. The highest BCUT2D eigenvalue weighted by Gasteiger charge is 2.22. The first-order valence-corrected chi connectivity index (χ1v) is 7.13. The van der Waals surface area contributed by atoms with E-state index >= 15 is 0 Å². The van der Waals surface area contributed by atoms with E-state index < -0.39 is 0 Å². The molecule has 0 fully saturated rings. The minimum Gasteiger partial charge on any atom is -0.380 e. The van der Waals surface area contributed by atoms with E-state index in [1.165, 1.54) is 0 Å². The van der Waals surface area contributed by atoms with Gasteiger partial charge in [0.15, 0.2) is 0 Å². The van der Waals surface area contributed by atoms with Crippen LogP contribution in [0, 0.1) is 16.2 Å². The van der Waals surface area contributed by atoms with Crippen molar-refractivity contribution in [3.63, 3.8) is 0 Å². The molecule has 0 radical (unpaired) electrons. The van der Waals surface area contributed by atoms with Gasteiger partial charge in [-0.1, -0.05) is 55.4 Å². The van der Waals surface area contributed by atoms with E-state index in [1.807, 2.05) is 0 Å². The second-order valence-corrected chi connectivity index (χ2v) is 8.23. The SMILES string of the molecule is CCC(C)(C)COCC(C)(C)COCC(C)(C)C. The zero-order chi connectivity index (χ0) is 14.4. The Labute approximate surface area is 114 Å². The fraction of sp³-hybridized carbons (Fsp3) is 1.00. The van der Waals surface area contributed by atoms with Gasteiger partial charge in [-0.05, 0) is 17.3 Å². The summed E-state index contributed by atoms with van der Waals surface area (Å²) in [6.07, 6.45) is 1.15. The molecule has 18 heavy (non-hydrogen) atoms. The van der Waals surface area contributed by atoms with Crippen molar-refractivity contribution in [1.82, 2.24) is 0 Å². The number of rotatable bonds is 8. The van der Waals surface area contributed by atoms with E-state index in [0.717, 1.165) is 32.8 Å². The van der Waals surface area contributed by atoms with Crippen molar-refractivity contribution in [3.05, 3.63) is 0 Å². The molecule has 0 aromatic heterocycles. The molecule has 0 spiro atoms. The highest BCUT2D eigenvalue weighted by Crippen LogP contribution is 2.23. The summed E-state index contributed by atoms with van der Waals surface area (Å²) in [5, 5.41) is 0. The normalized spacial score (nSPS) is 14.0. The molecular formula is C16H34O2. The molecule has 0 aliphatic rings. The van der Waals surface area contributed by atoms with Gasteiger partial charge in [-0.3, -0.25) is 0 Å². The van der Waals surface area contributed by atoms with Gasteiger partial charge in [0.25, 0.3) is 0 Å². The molecule has 0 bridgehead atoms. The van der Waals surface area contributed by atoms with Crippen molar-refractivity contribution in [3.8, 4) is 0 Å². The van der Waals surface area contributed by atoms with Gasteiger partial charge in [-0.2, -0.15) is 0 Å². The molecule has 0 aliphatic heterocycles. The second-order valence-electron chi connectivity index (χ2n) is 8.23. The van der Waals surface area contributed by atoms with Crippen LogP contribution >= 0.6 is 0 Å². The lowest BCUT2D eigenvalue weighted by atomic mass is 9.91. The summed E-state index contributed by atoms with van der Waals surface area (Å²) in [5.74, 6) is 0. The Morgan fingerprint density at radius 1 is 0.611 bits per heavy atom.